The molecule has 20 heavy (non-hydrogen) atoms. The van der Waals surface area contributed by atoms with E-state index in [0.717, 1.165) is 28.3 Å². The van der Waals surface area contributed by atoms with E-state index in [2.05, 4.69) is 22.2 Å². The monoisotopic (exact) mass is 293 g/mol. The van der Waals surface area contributed by atoms with Crippen molar-refractivity contribution in [2.75, 3.05) is 5.75 Å². The van der Waals surface area contributed by atoms with Gasteiger partial charge < -0.3 is 9.73 Å². The topological polar surface area (TPSA) is 50.4 Å². The van der Waals surface area contributed by atoms with E-state index in [9.17, 15) is 0 Å². The van der Waals surface area contributed by atoms with Gasteiger partial charge in [-0.25, -0.2) is 4.98 Å². The molecular formula is C15H23N3OS. The second-order valence-electron chi connectivity index (χ2n) is 6.27. The van der Waals surface area contributed by atoms with E-state index in [1.54, 1.807) is 0 Å². The first-order valence-corrected chi connectivity index (χ1v) is 8.43. The zero-order valence-corrected chi connectivity index (χ0v) is 13.3. The fourth-order valence-electron chi connectivity index (χ4n) is 3.24. The van der Waals surface area contributed by atoms with Crippen molar-refractivity contribution in [2.45, 2.75) is 58.5 Å². The molecule has 1 aromatic heterocycles. The van der Waals surface area contributed by atoms with Gasteiger partial charge in [-0.15, -0.1) is 0 Å². The number of hydrogen-bond acceptors (Lipinski definition) is 4. The first kappa shape index (κ1) is 14.0. The molecule has 5 heteroatoms. The lowest BCUT2D eigenvalue weighted by molar-refractivity contribution is 0.242. The molecule has 2 fully saturated rings. The standard InChI is InChI=1S/C15H23N3OS/c1-10-5-4-6-15(7-10)9-20-14(18-15)16-8-13-17-11(2)12(3)19-13/h10H,4-9H2,1-3H3,(H,16,18). The zero-order chi connectivity index (χ0) is 14.2. The summed E-state index contributed by atoms with van der Waals surface area (Å²) in [5, 5.41) is 4.73. The van der Waals surface area contributed by atoms with E-state index in [1.807, 2.05) is 25.6 Å². The lowest BCUT2D eigenvalue weighted by Gasteiger charge is -2.36. The zero-order valence-electron chi connectivity index (χ0n) is 12.5. The molecule has 0 amide bonds. The molecular weight excluding hydrogens is 270 g/mol. The molecule has 1 saturated heterocycles. The van der Waals surface area contributed by atoms with Gasteiger partial charge in [0.25, 0.3) is 0 Å². The maximum Gasteiger partial charge on any atom is 0.216 e. The van der Waals surface area contributed by atoms with Gasteiger partial charge in [0.1, 0.15) is 12.3 Å². The molecule has 110 valence electrons. The molecule has 0 radical (unpaired) electrons. The Morgan fingerprint density at radius 1 is 1.50 bits per heavy atom. The van der Waals surface area contributed by atoms with Crippen molar-refractivity contribution in [2.24, 2.45) is 10.9 Å². The quantitative estimate of drug-likeness (QED) is 0.907. The number of rotatable bonds is 2. The van der Waals surface area contributed by atoms with E-state index >= 15 is 0 Å². The predicted molar refractivity (Wildman–Crippen MR) is 83.1 cm³/mol. The number of thioether (sulfide) groups is 1. The maximum absolute atomic E-state index is 5.57. The van der Waals surface area contributed by atoms with E-state index in [4.69, 9.17) is 4.42 Å². The molecule has 2 heterocycles. The van der Waals surface area contributed by atoms with Crippen LogP contribution in [0.4, 0.5) is 0 Å². The number of aromatic nitrogens is 1. The van der Waals surface area contributed by atoms with Crippen molar-refractivity contribution >= 4 is 16.9 Å². The molecule has 1 saturated carbocycles. The van der Waals surface area contributed by atoms with Crippen molar-refractivity contribution in [3.8, 4) is 0 Å². The molecule has 2 atom stereocenters. The van der Waals surface area contributed by atoms with Crippen LogP contribution in [0.3, 0.4) is 0 Å². The van der Waals surface area contributed by atoms with Crippen LogP contribution in [0.1, 0.15) is 50.0 Å². The molecule has 1 spiro atoms. The molecule has 3 rings (SSSR count). The second-order valence-corrected chi connectivity index (χ2v) is 7.23. The average Bonchev–Trinajstić information content (AvgIpc) is 2.92. The number of amidine groups is 1. The third kappa shape index (κ3) is 2.87. The van der Waals surface area contributed by atoms with Crippen molar-refractivity contribution in [3.05, 3.63) is 17.3 Å². The molecule has 0 bridgehead atoms. The number of nitrogens with zero attached hydrogens (tertiary/aromatic N) is 2. The number of hydrogen-bond donors (Lipinski definition) is 1. The fraction of sp³-hybridized carbons (Fsp3) is 0.733. The highest BCUT2D eigenvalue weighted by Crippen LogP contribution is 2.38. The van der Waals surface area contributed by atoms with Crippen LogP contribution < -0.4 is 5.32 Å². The van der Waals surface area contributed by atoms with Gasteiger partial charge in [0, 0.05) is 11.3 Å². The first-order valence-electron chi connectivity index (χ1n) is 7.45. The summed E-state index contributed by atoms with van der Waals surface area (Å²) in [6.07, 6.45) is 5.26. The van der Waals surface area contributed by atoms with Crippen LogP contribution in [-0.4, -0.2) is 21.4 Å². The highest BCUT2D eigenvalue weighted by atomic mass is 32.2. The van der Waals surface area contributed by atoms with Crippen LogP contribution in [-0.2, 0) is 6.54 Å². The summed E-state index contributed by atoms with van der Waals surface area (Å²) in [4.78, 5) is 9.01. The second kappa shape index (κ2) is 5.43. The van der Waals surface area contributed by atoms with Crippen LogP contribution in [0, 0.1) is 19.8 Å². The lowest BCUT2D eigenvalue weighted by atomic mass is 9.78. The largest absolute Gasteiger partial charge is 0.444 e. The summed E-state index contributed by atoms with van der Waals surface area (Å²) in [5.74, 6) is 3.59. The maximum atomic E-state index is 5.57. The van der Waals surface area contributed by atoms with Crippen LogP contribution in [0.5, 0.6) is 0 Å². The van der Waals surface area contributed by atoms with Crippen molar-refractivity contribution in [1.82, 2.24) is 10.3 Å². The van der Waals surface area contributed by atoms with Crippen LogP contribution >= 0.6 is 11.8 Å². The van der Waals surface area contributed by atoms with E-state index in [1.165, 1.54) is 25.7 Å². The van der Waals surface area contributed by atoms with Crippen LogP contribution in [0.15, 0.2) is 9.41 Å². The number of aliphatic imine (C=N–C) groups is 1. The minimum absolute atomic E-state index is 0.295. The summed E-state index contributed by atoms with van der Waals surface area (Å²) in [6.45, 7) is 6.81. The third-order valence-electron chi connectivity index (χ3n) is 4.38. The fourth-order valence-corrected chi connectivity index (χ4v) is 4.43. The molecule has 2 aliphatic rings. The average molecular weight is 293 g/mol. The number of aryl methyl sites for hydroxylation is 2. The Morgan fingerprint density at radius 2 is 2.35 bits per heavy atom. The Labute approximate surface area is 124 Å². The Hall–Kier alpha value is -0.970. The van der Waals surface area contributed by atoms with Gasteiger partial charge in [-0.05, 0) is 32.6 Å². The Kier molecular flexibility index (Phi) is 3.80. The van der Waals surface area contributed by atoms with Crippen LogP contribution in [0.2, 0.25) is 0 Å². The van der Waals surface area contributed by atoms with Crippen molar-refractivity contribution < 1.29 is 4.42 Å². The molecule has 1 aromatic rings. The Morgan fingerprint density at radius 3 is 3.05 bits per heavy atom. The van der Waals surface area contributed by atoms with Gasteiger partial charge in [-0.2, -0.15) is 0 Å². The van der Waals surface area contributed by atoms with Gasteiger partial charge in [0.15, 0.2) is 5.17 Å². The van der Waals surface area contributed by atoms with Gasteiger partial charge in [-0.1, -0.05) is 31.5 Å². The molecule has 1 aliphatic carbocycles. The number of oxazole rings is 1. The van der Waals surface area contributed by atoms with E-state index in [0.29, 0.717) is 18.0 Å². The van der Waals surface area contributed by atoms with Gasteiger partial charge in [0.05, 0.1) is 5.69 Å². The van der Waals surface area contributed by atoms with E-state index < -0.39 is 0 Å². The summed E-state index contributed by atoms with van der Waals surface area (Å²) >= 11 is 1.85. The van der Waals surface area contributed by atoms with Crippen molar-refractivity contribution in [3.63, 3.8) is 0 Å². The lowest BCUT2D eigenvalue weighted by Crippen LogP contribution is -2.47. The smallest absolute Gasteiger partial charge is 0.216 e. The van der Waals surface area contributed by atoms with Gasteiger partial charge in [0.2, 0.25) is 5.89 Å². The first-order chi connectivity index (χ1) is 9.56. The molecule has 2 unspecified atom stereocenters. The normalized spacial score (nSPS) is 31.9. The molecule has 1 aliphatic heterocycles. The minimum Gasteiger partial charge on any atom is -0.444 e. The summed E-state index contributed by atoms with van der Waals surface area (Å²) < 4.78 is 5.57. The molecule has 4 nitrogen and oxygen atoms in total. The summed E-state index contributed by atoms with van der Waals surface area (Å²) in [5.41, 5.74) is 1.26. The third-order valence-corrected chi connectivity index (χ3v) is 5.58. The molecule has 0 aromatic carbocycles. The van der Waals surface area contributed by atoms with Crippen LogP contribution in [0.25, 0.3) is 0 Å². The molecule has 1 N–H and O–H groups in total. The van der Waals surface area contributed by atoms with Gasteiger partial charge in [-0.3, -0.25) is 4.99 Å². The Bertz CT molecular complexity index is 506. The van der Waals surface area contributed by atoms with Crippen molar-refractivity contribution in [1.29, 1.82) is 0 Å². The SMILES string of the molecule is Cc1nc(CN=C2NC3(CCCC(C)C3)CS2)oc1C. The van der Waals surface area contributed by atoms with E-state index in [-0.39, 0.29) is 0 Å². The predicted octanol–water partition coefficient (Wildman–Crippen LogP) is 3.43. The summed E-state index contributed by atoms with van der Waals surface area (Å²) in [7, 11) is 0. The number of nitrogens with one attached hydrogen (secondary N) is 1. The Balaban J connectivity index is 1.63. The summed E-state index contributed by atoms with van der Waals surface area (Å²) in [6, 6.07) is 0. The highest BCUT2D eigenvalue weighted by Gasteiger charge is 2.40. The van der Waals surface area contributed by atoms with Gasteiger partial charge >= 0.3 is 0 Å². The highest BCUT2D eigenvalue weighted by molar-refractivity contribution is 8.14. The minimum atomic E-state index is 0.295.